The van der Waals surface area contributed by atoms with E-state index in [9.17, 15) is 0 Å². The summed E-state index contributed by atoms with van der Waals surface area (Å²) in [6.45, 7) is 0. The first kappa shape index (κ1) is 34.0. The Bertz CT molecular complexity index is 3620. The van der Waals surface area contributed by atoms with E-state index >= 15 is 0 Å². The van der Waals surface area contributed by atoms with Crippen LogP contribution in [0.4, 0.5) is 34.1 Å². The van der Waals surface area contributed by atoms with Gasteiger partial charge in [0.15, 0.2) is 0 Å². The van der Waals surface area contributed by atoms with Crippen LogP contribution in [0.3, 0.4) is 0 Å². The first-order valence-electron chi connectivity index (χ1n) is 20.4. The molecule has 4 heterocycles. The molecule has 4 aromatic heterocycles. The maximum absolute atomic E-state index is 6.42. The van der Waals surface area contributed by atoms with Crippen LogP contribution >= 0.6 is 11.3 Å². The fourth-order valence-corrected chi connectivity index (χ4v) is 10.4. The molecule has 13 rings (SSSR count). The van der Waals surface area contributed by atoms with Gasteiger partial charge in [0.1, 0.15) is 22.3 Å². The number of nitrogens with zero attached hydrogens (tertiary/aromatic N) is 3. The van der Waals surface area contributed by atoms with E-state index < -0.39 is 0 Å². The number of fused-ring (bicyclic) bond motifs is 11. The van der Waals surface area contributed by atoms with Crippen molar-refractivity contribution in [1.82, 2.24) is 4.98 Å². The molecule has 0 atom stereocenters. The fourth-order valence-electron chi connectivity index (χ4n) is 9.25. The van der Waals surface area contributed by atoms with E-state index in [4.69, 9.17) is 13.8 Å². The third kappa shape index (κ3) is 5.36. The lowest BCUT2D eigenvalue weighted by molar-refractivity contribution is 0.668. The number of hydrogen-bond donors (Lipinski definition) is 0. The molecule has 13 aromatic rings. The normalized spacial score (nSPS) is 11.9. The predicted octanol–water partition coefficient (Wildman–Crippen LogP) is 16.5. The Morgan fingerprint density at radius 2 is 0.787 bits per heavy atom. The van der Waals surface area contributed by atoms with Crippen LogP contribution in [-0.4, -0.2) is 4.98 Å². The zero-order valence-electron chi connectivity index (χ0n) is 32.6. The molecule has 6 heteroatoms. The zero-order valence-corrected chi connectivity index (χ0v) is 33.4. The minimum Gasteiger partial charge on any atom is -0.456 e. The second kappa shape index (κ2) is 13.3. The van der Waals surface area contributed by atoms with Gasteiger partial charge in [-0.2, -0.15) is 0 Å². The van der Waals surface area contributed by atoms with Crippen LogP contribution in [0.25, 0.3) is 85.7 Å². The van der Waals surface area contributed by atoms with Crippen LogP contribution in [0.15, 0.2) is 209 Å². The number of aromatic nitrogens is 1. The van der Waals surface area contributed by atoms with Gasteiger partial charge in [-0.05, 0) is 83.6 Å². The Morgan fingerprint density at radius 3 is 1.38 bits per heavy atom. The molecule has 0 fully saturated rings. The molecule has 0 spiro atoms. The van der Waals surface area contributed by atoms with Gasteiger partial charge in [0, 0.05) is 71.6 Å². The molecular formula is C55H33N3O2S. The van der Waals surface area contributed by atoms with Gasteiger partial charge in [-0.3, -0.25) is 4.98 Å². The van der Waals surface area contributed by atoms with E-state index in [1.165, 1.54) is 16.2 Å². The molecule has 0 radical (unpaired) electrons. The molecule has 5 nitrogen and oxygen atoms in total. The van der Waals surface area contributed by atoms with E-state index in [1.807, 2.05) is 30.5 Å². The second-order valence-corrected chi connectivity index (χ2v) is 16.6. The standard InChI is InChI=1S/C55H33N3O2S/c1-3-15-40-34(11-1)13-9-19-47(40)57(36-23-26-44-42-17-5-7-21-49(42)59-51(44)29-36)38-25-28-46-53(31-38)61-54-32-39(33-56-55(46)54)58(48-20-10-14-35-12-2-4-16-41(35)48)37-24-27-45-43-18-6-8-22-50(43)60-52(45)30-37/h1-33H. The van der Waals surface area contributed by atoms with Crippen molar-refractivity contribution in [1.29, 1.82) is 0 Å². The monoisotopic (exact) mass is 799 g/mol. The predicted molar refractivity (Wildman–Crippen MR) is 256 cm³/mol. The van der Waals surface area contributed by atoms with Gasteiger partial charge in [0.05, 0.1) is 33.5 Å². The Morgan fingerprint density at radius 1 is 0.344 bits per heavy atom. The lowest BCUT2D eigenvalue weighted by Crippen LogP contribution is -2.10. The second-order valence-electron chi connectivity index (χ2n) is 15.5. The topological polar surface area (TPSA) is 45.7 Å². The van der Waals surface area contributed by atoms with Crippen molar-refractivity contribution in [3.05, 3.63) is 200 Å². The Kier molecular flexibility index (Phi) is 7.41. The highest BCUT2D eigenvalue weighted by atomic mass is 32.1. The molecule has 0 aliphatic carbocycles. The van der Waals surface area contributed by atoms with Crippen molar-refractivity contribution < 1.29 is 8.83 Å². The molecule has 0 aliphatic rings. The summed E-state index contributed by atoms with van der Waals surface area (Å²) in [5.41, 5.74) is 10.7. The molecule has 0 bridgehead atoms. The highest BCUT2D eigenvalue weighted by Crippen LogP contribution is 2.46. The molecule has 0 aliphatic heterocycles. The van der Waals surface area contributed by atoms with Crippen molar-refractivity contribution in [2.75, 3.05) is 9.80 Å². The number of benzene rings is 9. The first-order valence-corrected chi connectivity index (χ1v) is 21.2. The third-order valence-electron chi connectivity index (χ3n) is 12.1. The number of rotatable bonds is 6. The number of furan rings is 2. The summed E-state index contributed by atoms with van der Waals surface area (Å²) in [5.74, 6) is 0. The smallest absolute Gasteiger partial charge is 0.137 e. The summed E-state index contributed by atoms with van der Waals surface area (Å²) in [6.07, 6.45) is 2.01. The Labute approximate surface area is 353 Å². The molecule has 0 amide bonds. The number of thiophene rings is 1. The van der Waals surface area contributed by atoms with Gasteiger partial charge >= 0.3 is 0 Å². The van der Waals surface area contributed by atoms with Gasteiger partial charge in [-0.15, -0.1) is 11.3 Å². The first-order chi connectivity index (χ1) is 30.2. The van der Waals surface area contributed by atoms with E-state index in [0.29, 0.717) is 0 Å². The molecule has 9 aromatic carbocycles. The van der Waals surface area contributed by atoms with Crippen molar-refractivity contribution in [3.63, 3.8) is 0 Å². The minimum absolute atomic E-state index is 0.850. The number of anilines is 6. The average Bonchev–Trinajstić information content (AvgIpc) is 3.99. The van der Waals surface area contributed by atoms with Crippen LogP contribution in [0.1, 0.15) is 0 Å². The van der Waals surface area contributed by atoms with Crippen molar-refractivity contribution in [2.24, 2.45) is 0 Å². The van der Waals surface area contributed by atoms with E-state index in [1.54, 1.807) is 11.3 Å². The largest absolute Gasteiger partial charge is 0.456 e. The van der Waals surface area contributed by atoms with Gasteiger partial charge in [-0.25, -0.2) is 0 Å². The van der Waals surface area contributed by atoms with Crippen LogP contribution in [0, 0.1) is 0 Å². The van der Waals surface area contributed by atoms with Gasteiger partial charge in [0.25, 0.3) is 0 Å². The lowest BCUT2D eigenvalue weighted by atomic mass is 10.1. The summed E-state index contributed by atoms with van der Waals surface area (Å²) in [4.78, 5) is 9.89. The fraction of sp³-hybridized carbons (Fsp3) is 0. The van der Waals surface area contributed by atoms with Gasteiger partial charge < -0.3 is 18.6 Å². The summed E-state index contributed by atoms with van der Waals surface area (Å²) >= 11 is 1.77. The van der Waals surface area contributed by atoms with Crippen LogP contribution in [0.2, 0.25) is 0 Å². The molecule has 0 N–H and O–H groups in total. The number of hydrogen-bond acceptors (Lipinski definition) is 6. The minimum atomic E-state index is 0.850. The van der Waals surface area contributed by atoms with Crippen LogP contribution < -0.4 is 9.80 Å². The maximum Gasteiger partial charge on any atom is 0.137 e. The van der Waals surface area contributed by atoms with E-state index in [0.717, 1.165) is 104 Å². The number of para-hydroxylation sites is 2. The summed E-state index contributed by atoms with van der Waals surface area (Å²) < 4.78 is 15.1. The SMILES string of the molecule is c1ccc2c(N(c3ccc4c(c3)oc3ccccc34)c3ccc4c(c3)sc3cc(N(c5ccc6c(c5)oc5ccccc56)c5cccc6ccccc56)cnc34)cccc2c1. The van der Waals surface area contributed by atoms with E-state index in [2.05, 4.69) is 180 Å². The lowest BCUT2D eigenvalue weighted by Gasteiger charge is -2.27. The quantitative estimate of drug-likeness (QED) is 0.168. The Balaban J connectivity index is 0.981. The van der Waals surface area contributed by atoms with Gasteiger partial charge in [0.2, 0.25) is 0 Å². The molecule has 0 saturated carbocycles. The van der Waals surface area contributed by atoms with E-state index in [-0.39, 0.29) is 0 Å². The van der Waals surface area contributed by atoms with Crippen LogP contribution in [0.5, 0.6) is 0 Å². The summed E-state index contributed by atoms with van der Waals surface area (Å²) in [7, 11) is 0. The highest BCUT2D eigenvalue weighted by molar-refractivity contribution is 7.25. The third-order valence-corrected chi connectivity index (χ3v) is 13.1. The summed E-state index contributed by atoms with van der Waals surface area (Å²) in [5, 5.41) is 10.3. The molecule has 61 heavy (non-hydrogen) atoms. The van der Waals surface area contributed by atoms with Crippen molar-refractivity contribution >= 4 is 131 Å². The van der Waals surface area contributed by atoms with Crippen molar-refractivity contribution in [2.45, 2.75) is 0 Å². The van der Waals surface area contributed by atoms with Gasteiger partial charge in [-0.1, -0.05) is 109 Å². The van der Waals surface area contributed by atoms with Crippen LogP contribution in [-0.2, 0) is 0 Å². The highest BCUT2D eigenvalue weighted by Gasteiger charge is 2.22. The summed E-state index contributed by atoms with van der Waals surface area (Å²) in [6, 6.07) is 68.8. The molecule has 286 valence electrons. The molecule has 0 unspecified atom stereocenters. The molecule has 0 saturated heterocycles. The maximum atomic E-state index is 6.42. The zero-order chi connectivity index (χ0) is 40.0. The Hall–Kier alpha value is -7.93. The number of pyridine rings is 1. The van der Waals surface area contributed by atoms with Crippen molar-refractivity contribution in [3.8, 4) is 0 Å². The molecular weight excluding hydrogens is 767 g/mol. The average molecular weight is 800 g/mol.